The lowest BCUT2D eigenvalue weighted by molar-refractivity contribution is 0.200. The molecule has 34 heavy (non-hydrogen) atoms. The number of hydrogen-bond acceptors (Lipinski definition) is 4. The van der Waals surface area contributed by atoms with Crippen molar-refractivity contribution in [2.45, 2.75) is 13.0 Å². The van der Waals surface area contributed by atoms with Crippen molar-refractivity contribution in [3.63, 3.8) is 0 Å². The molecule has 0 aliphatic carbocycles. The number of carbonyl (C=O) groups excluding carboxylic acids is 1. The third-order valence-corrected chi connectivity index (χ3v) is 6.07. The topological polar surface area (TPSA) is 61.4 Å². The van der Waals surface area contributed by atoms with Crippen LogP contribution in [0.2, 0.25) is 0 Å². The molecule has 0 spiro atoms. The average Bonchev–Trinajstić information content (AvgIpc) is 2.85. The monoisotopic (exact) mass is 459 g/mol. The van der Waals surface area contributed by atoms with E-state index in [-0.39, 0.29) is 23.7 Å². The number of fused-ring (bicyclic) bond motifs is 1. The summed E-state index contributed by atoms with van der Waals surface area (Å²) >= 11 is 0. The van der Waals surface area contributed by atoms with Crippen molar-refractivity contribution in [3.8, 4) is 11.3 Å². The first-order valence-electron chi connectivity index (χ1n) is 11.1. The summed E-state index contributed by atoms with van der Waals surface area (Å²) in [4.78, 5) is 16.6. The van der Waals surface area contributed by atoms with Crippen molar-refractivity contribution < 1.29 is 13.6 Å². The quantitative estimate of drug-likeness (QED) is 0.451. The van der Waals surface area contributed by atoms with Gasteiger partial charge in [0.1, 0.15) is 17.3 Å². The number of benzene rings is 3. The maximum atomic E-state index is 13.4. The summed E-state index contributed by atoms with van der Waals surface area (Å²) in [5.74, 6) is 0.111. The molecule has 1 aromatic heterocycles. The minimum absolute atomic E-state index is 0.00194. The Labute approximate surface area is 195 Å². The number of hydrogen-bond donors (Lipinski definition) is 1. The molecule has 0 saturated carbocycles. The Bertz CT molecular complexity index is 1330. The van der Waals surface area contributed by atoms with Crippen LogP contribution in [-0.2, 0) is 0 Å². The molecule has 1 N–H and O–H groups in total. The van der Waals surface area contributed by atoms with Crippen LogP contribution >= 0.6 is 0 Å². The third-order valence-electron chi connectivity index (χ3n) is 6.07. The summed E-state index contributed by atoms with van der Waals surface area (Å²) in [6.45, 7) is 3.64. The van der Waals surface area contributed by atoms with E-state index < -0.39 is 0 Å². The van der Waals surface area contributed by atoms with Gasteiger partial charge < -0.3 is 15.1 Å². The molecule has 1 aliphatic heterocycles. The Balaban J connectivity index is 1.37. The molecular formula is C26H23F2N5O. The fourth-order valence-electron chi connectivity index (χ4n) is 4.32. The number of aromatic nitrogens is 2. The van der Waals surface area contributed by atoms with Crippen LogP contribution in [0.4, 0.5) is 25.1 Å². The predicted molar refractivity (Wildman–Crippen MR) is 129 cm³/mol. The highest BCUT2D eigenvalue weighted by atomic mass is 19.1. The van der Waals surface area contributed by atoms with E-state index in [0.717, 1.165) is 22.2 Å². The second-order valence-electron chi connectivity index (χ2n) is 8.35. The number of nitrogens with zero attached hydrogens (tertiary/aromatic N) is 4. The van der Waals surface area contributed by atoms with E-state index in [0.29, 0.717) is 31.0 Å². The highest BCUT2D eigenvalue weighted by Gasteiger charge is 2.29. The van der Waals surface area contributed by atoms with Crippen LogP contribution in [0.1, 0.15) is 6.92 Å². The number of nitrogens with one attached hydrogen (secondary N) is 1. The number of carbonyl (C=O) groups is 1. The summed E-state index contributed by atoms with van der Waals surface area (Å²) in [6.07, 6.45) is 0. The summed E-state index contributed by atoms with van der Waals surface area (Å²) < 4.78 is 26.5. The number of halogens is 2. The van der Waals surface area contributed by atoms with Crippen molar-refractivity contribution in [1.29, 1.82) is 0 Å². The number of amides is 2. The molecule has 4 aromatic rings. The molecule has 2 heterocycles. The van der Waals surface area contributed by atoms with Crippen LogP contribution in [-0.4, -0.2) is 46.8 Å². The second-order valence-corrected chi connectivity index (χ2v) is 8.35. The third kappa shape index (κ3) is 4.26. The van der Waals surface area contributed by atoms with Crippen molar-refractivity contribution in [3.05, 3.63) is 84.4 Å². The Morgan fingerprint density at radius 2 is 1.53 bits per heavy atom. The Morgan fingerprint density at radius 3 is 2.21 bits per heavy atom. The van der Waals surface area contributed by atoms with Gasteiger partial charge in [-0.15, -0.1) is 10.2 Å². The van der Waals surface area contributed by atoms with Crippen molar-refractivity contribution in [2.24, 2.45) is 0 Å². The molecule has 5 rings (SSSR count). The zero-order valence-corrected chi connectivity index (χ0v) is 18.6. The molecule has 0 bridgehead atoms. The summed E-state index contributed by atoms with van der Waals surface area (Å²) in [5, 5.41) is 13.8. The van der Waals surface area contributed by atoms with Gasteiger partial charge in [0.2, 0.25) is 0 Å². The first kappa shape index (κ1) is 21.8. The van der Waals surface area contributed by atoms with Crippen molar-refractivity contribution in [2.75, 3.05) is 29.9 Å². The van der Waals surface area contributed by atoms with E-state index in [1.54, 1.807) is 17.0 Å². The van der Waals surface area contributed by atoms with Gasteiger partial charge in [-0.2, -0.15) is 0 Å². The van der Waals surface area contributed by atoms with Crippen LogP contribution in [0.25, 0.3) is 22.0 Å². The molecule has 8 heteroatoms. The van der Waals surface area contributed by atoms with Gasteiger partial charge >= 0.3 is 6.03 Å². The lowest BCUT2D eigenvalue weighted by atomic mass is 10.0. The number of rotatable bonds is 3. The van der Waals surface area contributed by atoms with Crippen LogP contribution < -0.4 is 10.2 Å². The van der Waals surface area contributed by atoms with E-state index >= 15 is 0 Å². The highest BCUT2D eigenvalue weighted by Crippen LogP contribution is 2.33. The Kier molecular flexibility index (Phi) is 5.79. The zero-order chi connectivity index (χ0) is 23.7. The molecule has 1 saturated heterocycles. The standard InChI is InChI=1S/C26H23F2N5O/c1-17-16-32(26(34)29-21-12-10-20(28)11-13-21)14-15-33(17)25-23-5-3-2-4-22(23)24(30-31-25)18-6-8-19(27)9-7-18/h2-13,17H,14-16H2,1H3,(H,29,34). The van der Waals surface area contributed by atoms with Crippen molar-refractivity contribution in [1.82, 2.24) is 15.1 Å². The summed E-state index contributed by atoms with van der Waals surface area (Å²) in [5.41, 5.74) is 2.05. The van der Waals surface area contributed by atoms with Gasteiger partial charge in [0.15, 0.2) is 5.82 Å². The zero-order valence-electron chi connectivity index (χ0n) is 18.6. The van der Waals surface area contributed by atoms with Gasteiger partial charge in [-0.1, -0.05) is 24.3 Å². The molecule has 3 aromatic carbocycles. The number of urea groups is 1. The fourth-order valence-corrected chi connectivity index (χ4v) is 4.32. The van der Waals surface area contributed by atoms with E-state index in [9.17, 15) is 13.6 Å². The smallest absolute Gasteiger partial charge is 0.321 e. The molecule has 6 nitrogen and oxygen atoms in total. The molecule has 1 atom stereocenters. The van der Waals surface area contributed by atoms with Crippen LogP contribution in [0.3, 0.4) is 0 Å². The van der Waals surface area contributed by atoms with Crippen LogP contribution in [0.15, 0.2) is 72.8 Å². The second kappa shape index (κ2) is 9.05. The molecule has 2 amide bonds. The van der Waals surface area contributed by atoms with E-state index in [4.69, 9.17) is 0 Å². The first-order valence-corrected chi connectivity index (χ1v) is 11.1. The maximum absolute atomic E-state index is 13.4. The molecule has 1 fully saturated rings. The minimum Gasteiger partial charge on any atom is -0.348 e. The molecular weight excluding hydrogens is 436 g/mol. The van der Waals surface area contributed by atoms with Crippen LogP contribution in [0.5, 0.6) is 0 Å². The van der Waals surface area contributed by atoms with Crippen LogP contribution in [0, 0.1) is 11.6 Å². The first-order chi connectivity index (χ1) is 16.5. The molecule has 1 unspecified atom stereocenters. The van der Waals surface area contributed by atoms with Gasteiger partial charge in [0, 0.05) is 47.7 Å². The minimum atomic E-state index is -0.348. The van der Waals surface area contributed by atoms with E-state index in [2.05, 4.69) is 20.4 Å². The highest BCUT2D eigenvalue weighted by molar-refractivity contribution is 6.00. The summed E-state index contributed by atoms with van der Waals surface area (Å²) in [7, 11) is 0. The van der Waals surface area contributed by atoms with Gasteiger partial charge in [-0.05, 0) is 55.5 Å². The van der Waals surface area contributed by atoms with Gasteiger partial charge in [-0.3, -0.25) is 0 Å². The Hall–Kier alpha value is -4.07. The molecule has 1 aliphatic rings. The summed E-state index contributed by atoms with van der Waals surface area (Å²) in [6, 6.07) is 19.6. The fraction of sp³-hybridized carbons (Fsp3) is 0.192. The normalized spacial score (nSPS) is 16.0. The van der Waals surface area contributed by atoms with Gasteiger partial charge in [0.05, 0.1) is 0 Å². The lowest BCUT2D eigenvalue weighted by Gasteiger charge is -2.40. The van der Waals surface area contributed by atoms with Crippen molar-refractivity contribution >= 4 is 28.3 Å². The van der Waals surface area contributed by atoms with E-state index in [1.807, 2.05) is 31.2 Å². The SMILES string of the molecule is CC1CN(C(=O)Nc2ccc(F)cc2)CCN1c1nnc(-c2ccc(F)cc2)c2ccccc12. The Morgan fingerprint density at radius 1 is 0.882 bits per heavy atom. The lowest BCUT2D eigenvalue weighted by Crippen LogP contribution is -2.55. The largest absolute Gasteiger partial charge is 0.348 e. The van der Waals surface area contributed by atoms with Gasteiger partial charge in [-0.25, -0.2) is 13.6 Å². The number of anilines is 2. The molecule has 0 radical (unpaired) electrons. The number of piperazine rings is 1. The average molecular weight is 460 g/mol. The predicted octanol–water partition coefficient (Wildman–Crippen LogP) is 5.32. The maximum Gasteiger partial charge on any atom is 0.321 e. The van der Waals surface area contributed by atoms with E-state index in [1.165, 1.54) is 36.4 Å². The van der Waals surface area contributed by atoms with Gasteiger partial charge in [0.25, 0.3) is 0 Å². The molecule has 172 valence electrons.